The van der Waals surface area contributed by atoms with Gasteiger partial charge in [0.25, 0.3) is 5.91 Å². The molecule has 0 atom stereocenters. The van der Waals surface area contributed by atoms with E-state index in [0.29, 0.717) is 28.6 Å². The molecular formula is C26H25ClN6O2. The van der Waals surface area contributed by atoms with Gasteiger partial charge in [-0.1, -0.05) is 11.6 Å². The van der Waals surface area contributed by atoms with E-state index in [1.807, 2.05) is 48.3 Å². The fourth-order valence-corrected chi connectivity index (χ4v) is 5.40. The van der Waals surface area contributed by atoms with Crippen LogP contribution in [-0.2, 0) is 13.6 Å². The number of nitrogens with zero attached hydrogens (tertiary/aromatic N) is 4. The fraction of sp³-hybridized carbons (Fsp3) is 0.269. The van der Waals surface area contributed by atoms with Gasteiger partial charge in [-0.3, -0.25) is 4.79 Å². The Hall–Kier alpha value is -3.62. The topological polar surface area (TPSA) is 95.3 Å². The summed E-state index contributed by atoms with van der Waals surface area (Å²) in [5.74, 6) is 0.494. The van der Waals surface area contributed by atoms with Crippen LogP contribution < -0.4 is 15.5 Å². The van der Waals surface area contributed by atoms with E-state index in [1.165, 1.54) is 0 Å². The first-order valence-electron chi connectivity index (χ1n) is 11.7. The predicted molar refractivity (Wildman–Crippen MR) is 137 cm³/mol. The van der Waals surface area contributed by atoms with Gasteiger partial charge >= 0.3 is 0 Å². The average Bonchev–Trinajstić information content (AvgIpc) is 3.43. The zero-order chi connectivity index (χ0) is 24.1. The van der Waals surface area contributed by atoms with Crippen molar-refractivity contribution in [2.45, 2.75) is 25.5 Å². The molecule has 0 spiro atoms. The van der Waals surface area contributed by atoms with Gasteiger partial charge in [0.05, 0.1) is 34.3 Å². The molecule has 0 saturated carbocycles. The number of benzene rings is 1. The van der Waals surface area contributed by atoms with E-state index in [2.05, 4.69) is 25.5 Å². The molecular weight excluding hydrogens is 464 g/mol. The number of fused-ring (bicyclic) bond motifs is 2. The highest BCUT2D eigenvalue weighted by Gasteiger charge is 2.29. The lowest BCUT2D eigenvalue weighted by Gasteiger charge is -2.31. The number of piperidine rings is 1. The highest BCUT2D eigenvalue weighted by Crippen LogP contribution is 2.42. The van der Waals surface area contributed by atoms with Crippen molar-refractivity contribution in [1.82, 2.24) is 19.9 Å². The van der Waals surface area contributed by atoms with Crippen LogP contribution in [0.1, 0.15) is 28.8 Å². The molecule has 6 rings (SSSR count). The first-order valence-corrected chi connectivity index (χ1v) is 12.1. The van der Waals surface area contributed by atoms with Crippen molar-refractivity contribution >= 4 is 45.7 Å². The van der Waals surface area contributed by atoms with Crippen molar-refractivity contribution in [3.63, 3.8) is 0 Å². The molecule has 0 aliphatic carbocycles. The molecule has 3 aromatic heterocycles. The van der Waals surface area contributed by atoms with E-state index < -0.39 is 0 Å². The molecule has 5 heterocycles. The van der Waals surface area contributed by atoms with E-state index in [9.17, 15) is 9.90 Å². The molecule has 4 aromatic rings. The Morgan fingerprint density at radius 1 is 1.14 bits per heavy atom. The third-order valence-electron chi connectivity index (χ3n) is 6.91. The largest absolute Gasteiger partial charge is 0.393 e. The monoisotopic (exact) mass is 488 g/mol. The lowest BCUT2D eigenvalue weighted by Crippen LogP contribution is -2.35. The highest BCUT2D eigenvalue weighted by molar-refractivity contribution is 6.35. The van der Waals surface area contributed by atoms with E-state index in [1.54, 1.807) is 12.3 Å². The minimum atomic E-state index is -0.216. The van der Waals surface area contributed by atoms with Crippen molar-refractivity contribution in [1.29, 1.82) is 0 Å². The molecule has 1 amide bonds. The Morgan fingerprint density at radius 2 is 1.97 bits per heavy atom. The molecule has 8 nitrogen and oxygen atoms in total. The van der Waals surface area contributed by atoms with Crippen LogP contribution in [0.4, 0.5) is 17.2 Å². The maximum Gasteiger partial charge on any atom is 0.254 e. The van der Waals surface area contributed by atoms with Gasteiger partial charge in [0.2, 0.25) is 0 Å². The van der Waals surface area contributed by atoms with E-state index in [-0.39, 0.29) is 12.0 Å². The summed E-state index contributed by atoms with van der Waals surface area (Å²) in [6, 6.07) is 9.67. The van der Waals surface area contributed by atoms with Crippen molar-refractivity contribution in [3.05, 3.63) is 65.1 Å². The van der Waals surface area contributed by atoms with Crippen molar-refractivity contribution < 1.29 is 9.90 Å². The number of hydrogen-bond donors (Lipinski definition) is 3. The number of rotatable bonds is 4. The number of carbonyl (C=O) groups is 1. The Kier molecular flexibility index (Phi) is 5.35. The normalized spacial score (nSPS) is 16.0. The number of halogens is 1. The lowest BCUT2D eigenvalue weighted by molar-refractivity contribution is 0.0966. The molecule has 1 fully saturated rings. The van der Waals surface area contributed by atoms with E-state index in [4.69, 9.17) is 11.6 Å². The second-order valence-corrected chi connectivity index (χ2v) is 9.49. The molecule has 1 aromatic carbocycles. The molecule has 2 aliphatic heterocycles. The van der Waals surface area contributed by atoms with Crippen LogP contribution in [0.2, 0.25) is 5.02 Å². The van der Waals surface area contributed by atoms with Gasteiger partial charge in [0.1, 0.15) is 11.5 Å². The summed E-state index contributed by atoms with van der Waals surface area (Å²) in [5, 5.41) is 17.5. The van der Waals surface area contributed by atoms with Gasteiger partial charge in [0.15, 0.2) is 0 Å². The molecule has 9 heteroatoms. The van der Waals surface area contributed by atoms with Gasteiger partial charge in [-0.25, -0.2) is 9.97 Å². The third kappa shape index (κ3) is 3.79. The second-order valence-electron chi connectivity index (χ2n) is 9.08. The maximum atomic E-state index is 12.9. The van der Waals surface area contributed by atoms with Crippen LogP contribution in [0, 0.1) is 0 Å². The third-order valence-corrected chi connectivity index (χ3v) is 7.21. The maximum absolute atomic E-state index is 12.9. The molecule has 178 valence electrons. The zero-order valence-corrected chi connectivity index (χ0v) is 20.0. The van der Waals surface area contributed by atoms with Crippen LogP contribution in [0.3, 0.4) is 0 Å². The number of aliphatic hydroxyl groups is 1. The Labute approximate surface area is 207 Å². The van der Waals surface area contributed by atoms with Gasteiger partial charge in [0, 0.05) is 50.0 Å². The Bertz CT molecular complexity index is 1440. The first-order chi connectivity index (χ1) is 17.0. The summed E-state index contributed by atoms with van der Waals surface area (Å²) < 4.78 is 1.97. The summed E-state index contributed by atoms with van der Waals surface area (Å²) in [6.07, 6.45) is 6.87. The summed E-state index contributed by atoms with van der Waals surface area (Å²) >= 11 is 6.85. The number of nitrogens with one attached hydrogen (secondary N) is 2. The van der Waals surface area contributed by atoms with Crippen LogP contribution in [0.15, 0.2) is 48.9 Å². The first kappa shape index (κ1) is 21.9. The van der Waals surface area contributed by atoms with E-state index >= 15 is 0 Å². The minimum Gasteiger partial charge on any atom is -0.393 e. The van der Waals surface area contributed by atoms with Gasteiger partial charge < -0.3 is 25.2 Å². The van der Waals surface area contributed by atoms with Crippen LogP contribution in [0.25, 0.3) is 22.2 Å². The summed E-state index contributed by atoms with van der Waals surface area (Å²) in [6.45, 7) is 2.02. The van der Waals surface area contributed by atoms with Gasteiger partial charge in [-0.05, 0) is 54.3 Å². The molecule has 0 bridgehead atoms. The molecule has 35 heavy (non-hydrogen) atoms. The van der Waals surface area contributed by atoms with Gasteiger partial charge in [-0.15, -0.1) is 0 Å². The van der Waals surface area contributed by atoms with Crippen molar-refractivity contribution in [2.24, 2.45) is 7.05 Å². The van der Waals surface area contributed by atoms with E-state index in [0.717, 1.165) is 59.3 Å². The van der Waals surface area contributed by atoms with Crippen molar-refractivity contribution in [2.75, 3.05) is 23.3 Å². The number of aromatic nitrogens is 3. The summed E-state index contributed by atoms with van der Waals surface area (Å²) in [4.78, 5) is 24.1. The quantitative estimate of drug-likeness (QED) is 0.398. The SMILES string of the molecule is Cn1ccc2c(-c3c(Cl)cc(Nc4ccc(N5CCC(O)CC5)cn4)c4c3CNC4=O)ccnc21. The number of carbonyl (C=O) groups excluding carboxylic acids is 1. The molecule has 1 saturated heterocycles. The Morgan fingerprint density at radius 3 is 2.74 bits per heavy atom. The smallest absolute Gasteiger partial charge is 0.254 e. The molecule has 2 aliphatic rings. The molecule has 0 radical (unpaired) electrons. The summed E-state index contributed by atoms with van der Waals surface area (Å²) in [7, 11) is 1.95. The lowest BCUT2D eigenvalue weighted by atomic mass is 9.94. The number of anilines is 3. The van der Waals surface area contributed by atoms with Crippen LogP contribution in [0.5, 0.6) is 0 Å². The minimum absolute atomic E-state index is 0.137. The number of pyridine rings is 2. The predicted octanol–water partition coefficient (Wildman–Crippen LogP) is 4.24. The summed E-state index contributed by atoms with van der Waals surface area (Å²) in [5.41, 5.74) is 5.76. The highest BCUT2D eigenvalue weighted by atomic mass is 35.5. The van der Waals surface area contributed by atoms with Gasteiger partial charge in [-0.2, -0.15) is 0 Å². The van der Waals surface area contributed by atoms with Crippen LogP contribution >= 0.6 is 11.6 Å². The zero-order valence-electron chi connectivity index (χ0n) is 19.3. The molecule has 3 N–H and O–H groups in total. The molecule has 0 unspecified atom stereocenters. The number of aliphatic hydroxyl groups excluding tert-OH is 1. The average molecular weight is 489 g/mol. The number of aryl methyl sites for hydroxylation is 1. The Balaban J connectivity index is 1.36. The van der Waals surface area contributed by atoms with Crippen molar-refractivity contribution in [3.8, 4) is 11.1 Å². The fourth-order valence-electron chi connectivity index (χ4n) is 5.08. The number of hydrogen-bond acceptors (Lipinski definition) is 6. The standard InChI is InChI=1S/C26H25ClN6O2/c1-32-9-7-18-17(4-8-28-25(18)32)23-19-14-30-26(35)24(19)21(12-20(23)27)31-22-3-2-15(13-29-22)33-10-5-16(34)6-11-33/h2-4,7-9,12-13,16,34H,5-6,10-11,14H2,1H3,(H,29,31)(H,30,35). The number of amides is 1. The second kappa shape index (κ2) is 8.55. The van der Waals surface area contributed by atoms with Crippen LogP contribution in [-0.4, -0.2) is 44.7 Å².